The van der Waals surface area contributed by atoms with Gasteiger partial charge in [0, 0.05) is 31.5 Å². The number of nitrogens with zero attached hydrogens (tertiary/aromatic N) is 2. The number of hydrogen-bond donors (Lipinski definition) is 0. The zero-order chi connectivity index (χ0) is 25.0. The molecule has 0 N–H and O–H groups in total. The van der Waals surface area contributed by atoms with Gasteiger partial charge in [-0.15, -0.1) is 0 Å². The molecular weight excluding hydrogens is 432 g/mol. The van der Waals surface area contributed by atoms with Gasteiger partial charge in [0.05, 0.1) is 0 Å². The second-order valence-corrected chi connectivity index (χ2v) is 10.3. The van der Waals surface area contributed by atoms with Crippen molar-refractivity contribution in [2.24, 2.45) is 5.41 Å². The van der Waals surface area contributed by atoms with Crippen molar-refractivity contribution in [3.63, 3.8) is 0 Å². The fraction of sp³-hybridized carbons (Fsp3) is 0.387. The molecule has 0 heterocycles. The number of amides is 1. The quantitative estimate of drug-likeness (QED) is 0.485. The number of hydrogen-bond acceptors (Lipinski definition) is 3. The van der Waals surface area contributed by atoms with Gasteiger partial charge in [-0.25, -0.2) is 4.79 Å². The Morgan fingerprint density at radius 1 is 1.03 bits per heavy atom. The fourth-order valence-corrected chi connectivity index (χ4v) is 5.14. The van der Waals surface area contributed by atoms with Crippen LogP contribution in [0.25, 0.3) is 5.57 Å². The number of carbonyl (C=O) groups excluding carboxylic acids is 1. The van der Waals surface area contributed by atoms with E-state index in [4.69, 9.17) is 4.74 Å². The lowest BCUT2D eigenvalue weighted by Crippen LogP contribution is -2.41. The number of aryl methyl sites for hydroxylation is 2. The van der Waals surface area contributed by atoms with Crippen molar-refractivity contribution in [1.82, 2.24) is 9.80 Å². The lowest BCUT2D eigenvalue weighted by Gasteiger charge is -2.38. The molecule has 0 spiro atoms. The van der Waals surface area contributed by atoms with Gasteiger partial charge < -0.3 is 14.5 Å². The molecule has 1 unspecified atom stereocenters. The molecule has 35 heavy (non-hydrogen) atoms. The molecule has 0 aromatic heterocycles. The van der Waals surface area contributed by atoms with Crippen molar-refractivity contribution >= 4 is 11.7 Å². The lowest BCUT2D eigenvalue weighted by molar-refractivity contribution is 0.117. The number of benzene rings is 2. The first kappa shape index (κ1) is 25.0. The average molecular weight is 471 g/mol. The summed E-state index contributed by atoms with van der Waals surface area (Å²) in [4.78, 5) is 16.8. The molecule has 184 valence electrons. The molecular formula is C31H38N2O2. The van der Waals surface area contributed by atoms with Crippen LogP contribution >= 0.6 is 0 Å². The minimum atomic E-state index is -0.300. The van der Waals surface area contributed by atoms with E-state index in [0.717, 1.165) is 25.0 Å². The maximum absolute atomic E-state index is 12.9. The average Bonchev–Trinajstić information content (AvgIpc) is 3.00. The summed E-state index contributed by atoms with van der Waals surface area (Å²) >= 11 is 0. The van der Waals surface area contributed by atoms with Crippen LogP contribution in [0.15, 0.2) is 78.6 Å². The summed E-state index contributed by atoms with van der Waals surface area (Å²) < 4.78 is 5.81. The molecule has 2 aromatic rings. The van der Waals surface area contributed by atoms with E-state index in [-0.39, 0.29) is 11.5 Å². The third-order valence-corrected chi connectivity index (χ3v) is 7.66. The Hall–Kier alpha value is -3.11. The molecule has 0 saturated carbocycles. The maximum Gasteiger partial charge on any atom is 0.414 e. The normalized spacial score (nSPS) is 19.8. The summed E-state index contributed by atoms with van der Waals surface area (Å²) in [5, 5.41) is 0. The Morgan fingerprint density at radius 2 is 1.63 bits per heavy atom. The molecule has 2 atom stereocenters. The van der Waals surface area contributed by atoms with Crippen molar-refractivity contribution in [2.45, 2.75) is 45.6 Å². The molecule has 0 radical (unpaired) electrons. The zero-order valence-electron chi connectivity index (χ0n) is 21.8. The number of ether oxygens (including phenoxy) is 1. The van der Waals surface area contributed by atoms with E-state index in [2.05, 4.69) is 93.5 Å². The van der Waals surface area contributed by atoms with Crippen molar-refractivity contribution < 1.29 is 9.53 Å². The predicted octanol–water partition coefficient (Wildman–Crippen LogP) is 6.48. The first-order valence-corrected chi connectivity index (χ1v) is 12.6. The van der Waals surface area contributed by atoms with E-state index >= 15 is 0 Å². The van der Waals surface area contributed by atoms with Gasteiger partial charge >= 0.3 is 6.09 Å². The molecule has 0 fully saturated rings. The van der Waals surface area contributed by atoms with Gasteiger partial charge in [0.1, 0.15) is 5.76 Å². The summed E-state index contributed by atoms with van der Waals surface area (Å²) in [5.74, 6) is 0.727. The van der Waals surface area contributed by atoms with Crippen LogP contribution in [-0.4, -0.2) is 49.6 Å². The molecule has 4 rings (SSSR count). The molecule has 2 aromatic carbocycles. The van der Waals surface area contributed by atoms with Crippen LogP contribution in [0.3, 0.4) is 0 Å². The molecule has 0 aliphatic heterocycles. The third kappa shape index (κ3) is 5.59. The molecule has 0 saturated heterocycles. The van der Waals surface area contributed by atoms with E-state index in [1.165, 1.54) is 27.8 Å². The molecule has 4 heteroatoms. The third-order valence-electron chi connectivity index (χ3n) is 7.66. The highest BCUT2D eigenvalue weighted by molar-refractivity contribution is 5.84. The van der Waals surface area contributed by atoms with Crippen LogP contribution < -0.4 is 0 Å². The van der Waals surface area contributed by atoms with Gasteiger partial charge in [-0.05, 0) is 74.2 Å². The Kier molecular flexibility index (Phi) is 7.61. The lowest BCUT2D eigenvalue weighted by atomic mass is 9.76. The van der Waals surface area contributed by atoms with Crippen molar-refractivity contribution in [1.29, 1.82) is 0 Å². The highest BCUT2D eigenvalue weighted by Crippen LogP contribution is 2.37. The van der Waals surface area contributed by atoms with Gasteiger partial charge in [-0.1, -0.05) is 73.7 Å². The summed E-state index contributed by atoms with van der Waals surface area (Å²) in [7, 11) is 5.99. The molecule has 2 aliphatic carbocycles. The molecule has 4 nitrogen and oxygen atoms in total. The molecule has 0 bridgehead atoms. The van der Waals surface area contributed by atoms with Crippen LogP contribution in [-0.2, 0) is 17.6 Å². The topological polar surface area (TPSA) is 32.8 Å². The largest absolute Gasteiger partial charge is 0.415 e. The molecule has 1 amide bonds. The van der Waals surface area contributed by atoms with E-state index in [0.29, 0.717) is 19.0 Å². The van der Waals surface area contributed by atoms with Crippen LogP contribution in [0.1, 0.15) is 48.9 Å². The van der Waals surface area contributed by atoms with E-state index in [1.54, 1.807) is 4.90 Å². The number of fused-ring (bicyclic) bond motifs is 2. The summed E-state index contributed by atoms with van der Waals surface area (Å²) in [6.45, 7) is 5.02. The Balaban J connectivity index is 1.43. The summed E-state index contributed by atoms with van der Waals surface area (Å²) in [5.41, 5.74) is 6.57. The summed E-state index contributed by atoms with van der Waals surface area (Å²) in [6, 6.07) is 17.7. The van der Waals surface area contributed by atoms with Crippen molar-refractivity contribution in [3.05, 3.63) is 101 Å². The van der Waals surface area contributed by atoms with Crippen LogP contribution in [0.5, 0.6) is 0 Å². The number of carbonyl (C=O) groups is 1. The second kappa shape index (κ2) is 10.7. The Labute approximate surface area is 210 Å². The van der Waals surface area contributed by atoms with E-state index < -0.39 is 0 Å². The van der Waals surface area contributed by atoms with Gasteiger partial charge in [0.2, 0.25) is 0 Å². The number of allylic oxidation sites excluding steroid dienone is 3. The second-order valence-electron chi connectivity index (χ2n) is 10.3. The monoisotopic (exact) mass is 470 g/mol. The van der Waals surface area contributed by atoms with Gasteiger partial charge in [0.25, 0.3) is 0 Å². The highest BCUT2D eigenvalue weighted by atomic mass is 16.6. The maximum atomic E-state index is 12.9. The highest BCUT2D eigenvalue weighted by Gasteiger charge is 2.33. The Bertz CT molecular complexity index is 1110. The van der Waals surface area contributed by atoms with Crippen LogP contribution in [0, 0.1) is 5.41 Å². The van der Waals surface area contributed by atoms with Gasteiger partial charge in [-0.2, -0.15) is 0 Å². The smallest absolute Gasteiger partial charge is 0.414 e. The van der Waals surface area contributed by atoms with Gasteiger partial charge in [0.15, 0.2) is 0 Å². The number of rotatable bonds is 6. The standard InChI is InChI=1S/C31H38N2O2/c1-23(32(3)4)31(2)20-10-14-26(22-31)35-30(34)33(5)21-11-17-29-27-15-8-6-12-24(27)18-19-25-13-7-9-16-28(25)29/h6-10,12-17,20,23H,11,18-19,21-22H2,1-5H3/t23-,31?/m0/s1. The SMILES string of the molecule is C[C@H](N(C)C)C1(C)C=CC=C(OC(=O)N(C)CCC=C2c3ccccc3CCc3ccccc32)C1. The van der Waals surface area contributed by atoms with E-state index in [1.807, 2.05) is 19.2 Å². The minimum absolute atomic E-state index is 0.0723. The van der Waals surface area contributed by atoms with Crippen molar-refractivity contribution in [3.8, 4) is 0 Å². The zero-order valence-corrected chi connectivity index (χ0v) is 21.8. The first-order valence-electron chi connectivity index (χ1n) is 12.6. The minimum Gasteiger partial charge on any atom is -0.415 e. The van der Waals surface area contributed by atoms with Crippen LogP contribution in [0.4, 0.5) is 4.79 Å². The van der Waals surface area contributed by atoms with Crippen molar-refractivity contribution in [2.75, 3.05) is 27.7 Å². The summed E-state index contributed by atoms with van der Waals surface area (Å²) in [6.07, 6.45) is 11.7. The fourth-order valence-electron chi connectivity index (χ4n) is 5.14. The van der Waals surface area contributed by atoms with E-state index in [9.17, 15) is 4.79 Å². The molecule has 2 aliphatic rings. The predicted molar refractivity (Wildman–Crippen MR) is 144 cm³/mol. The van der Waals surface area contributed by atoms with Gasteiger partial charge in [-0.3, -0.25) is 0 Å². The first-order chi connectivity index (χ1) is 16.8. The Morgan fingerprint density at radius 3 is 2.23 bits per heavy atom. The van der Waals surface area contributed by atoms with Crippen LogP contribution in [0.2, 0.25) is 0 Å².